The van der Waals surface area contributed by atoms with Gasteiger partial charge in [0.15, 0.2) is 23.4 Å². The monoisotopic (exact) mass is 517 g/mol. The highest BCUT2D eigenvalue weighted by Crippen LogP contribution is 2.66. The Morgan fingerprint density at radius 2 is 2.03 bits per heavy atom. The molecule has 0 saturated heterocycles. The van der Waals surface area contributed by atoms with E-state index < -0.39 is 46.5 Å². The van der Waals surface area contributed by atoms with Crippen molar-refractivity contribution in [3.05, 3.63) is 47.4 Å². The number of nitrogens with two attached hydrogens (primary N) is 1. The number of thioether (sulfide) groups is 1. The van der Waals surface area contributed by atoms with E-state index in [4.69, 9.17) is 10.5 Å². The van der Waals surface area contributed by atoms with E-state index in [1.54, 1.807) is 6.92 Å². The van der Waals surface area contributed by atoms with Crippen molar-refractivity contribution in [3.63, 3.8) is 0 Å². The van der Waals surface area contributed by atoms with Crippen LogP contribution in [0.2, 0.25) is 0 Å². The zero-order chi connectivity index (χ0) is 25.6. The van der Waals surface area contributed by atoms with E-state index in [9.17, 15) is 26.7 Å². The third-order valence-corrected chi connectivity index (χ3v) is 7.09. The van der Waals surface area contributed by atoms with Gasteiger partial charge in [-0.15, -0.1) is 0 Å². The van der Waals surface area contributed by atoms with Crippen LogP contribution in [-0.2, 0) is 10.3 Å². The van der Waals surface area contributed by atoms with Crippen LogP contribution in [0.4, 0.5) is 27.6 Å². The Morgan fingerprint density at radius 3 is 2.66 bits per heavy atom. The third-order valence-electron chi connectivity index (χ3n) is 5.82. The van der Waals surface area contributed by atoms with Crippen molar-refractivity contribution >= 4 is 28.5 Å². The quantitative estimate of drug-likeness (QED) is 0.540. The molecule has 3 N–H and O–H groups in total. The molecule has 35 heavy (non-hydrogen) atoms. The Morgan fingerprint density at radius 1 is 1.29 bits per heavy atom. The van der Waals surface area contributed by atoms with Gasteiger partial charge < -0.3 is 20.5 Å². The summed E-state index contributed by atoms with van der Waals surface area (Å²) in [6.45, 7) is 0.439. The summed E-state index contributed by atoms with van der Waals surface area (Å²) >= 11 is 1.34. The summed E-state index contributed by atoms with van der Waals surface area (Å²) < 4.78 is 75.6. The number of benzene rings is 1. The number of carbonyl (C=O) groups is 1. The number of alkyl halides is 3. The van der Waals surface area contributed by atoms with E-state index in [1.807, 2.05) is 0 Å². The van der Waals surface area contributed by atoms with Crippen LogP contribution >= 0.6 is 11.8 Å². The normalized spacial score (nSPS) is 25.5. The molecule has 2 heterocycles. The molecule has 1 saturated carbocycles. The minimum atomic E-state index is -4.56. The lowest BCUT2D eigenvalue weighted by molar-refractivity contribution is -0.154. The second-order valence-electron chi connectivity index (χ2n) is 8.37. The van der Waals surface area contributed by atoms with Crippen molar-refractivity contribution in [2.24, 2.45) is 16.6 Å². The number of hydrogen-bond donors (Lipinski definition) is 2. The second kappa shape index (κ2) is 8.90. The number of halogens is 5. The minimum Gasteiger partial charge on any atom is -0.467 e. The Labute approximate surface area is 200 Å². The van der Waals surface area contributed by atoms with Crippen LogP contribution in [0, 0.1) is 17.6 Å². The number of methoxy groups -OCH3 is 1. The van der Waals surface area contributed by atoms with Crippen LogP contribution in [0.5, 0.6) is 5.88 Å². The number of hydrogen-bond acceptors (Lipinski definition) is 8. The predicted molar refractivity (Wildman–Crippen MR) is 117 cm³/mol. The highest BCUT2D eigenvalue weighted by Gasteiger charge is 2.66. The van der Waals surface area contributed by atoms with Crippen LogP contribution in [0.15, 0.2) is 29.5 Å². The van der Waals surface area contributed by atoms with Gasteiger partial charge in [-0.2, -0.15) is 13.2 Å². The predicted octanol–water partition coefficient (Wildman–Crippen LogP) is 3.63. The molecule has 1 amide bonds. The summed E-state index contributed by atoms with van der Waals surface area (Å²) in [4.78, 5) is 24.3. The summed E-state index contributed by atoms with van der Waals surface area (Å²) in [5.41, 5.74) is 4.37. The second-order valence-corrected chi connectivity index (χ2v) is 9.81. The maximum Gasteiger partial charge on any atom is 0.422 e. The van der Waals surface area contributed by atoms with Crippen LogP contribution in [0.25, 0.3) is 0 Å². The van der Waals surface area contributed by atoms with Crippen LogP contribution < -0.4 is 15.8 Å². The smallest absolute Gasteiger partial charge is 0.422 e. The topological polar surface area (TPSA) is 112 Å². The van der Waals surface area contributed by atoms with Crippen LogP contribution in [0.3, 0.4) is 0 Å². The van der Waals surface area contributed by atoms with Gasteiger partial charge in [-0.1, -0.05) is 11.8 Å². The lowest BCUT2D eigenvalue weighted by Crippen LogP contribution is -2.38. The average molecular weight is 517 g/mol. The minimum absolute atomic E-state index is 0.0747. The van der Waals surface area contributed by atoms with E-state index in [2.05, 4.69) is 25.0 Å². The number of nitrogens with one attached hydrogen (secondary N) is 1. The number of anilines is 1. The van der Waals surface area contributed by atoms with Gasteiger partial charge >= 0.3 is 6.18 Å². The molecule has 3 atom stereocenters. The zero-order valence-electron chi connectivity index (χ0n) is 18.4. The molecule has 8 nitrogen and oxygen atoms in total. The van der Waals surface area contributed by atoms with Crippen LogP contribution in [-0.4, -0.2) is 52.3 Å². The molecule has 188 valence electrons. The first-order chi connectivity index (χ1) is 16.4. The van der Waals surface area contributed by atoms with E-state index in [-0.39, 0.29) is 28.0 Å². The van der Waals surface area contributed by atoms with E-state index >= 15 is 0 Å². The highest BCUT2D eigenvalue weighted by molar-refractivity contribution is 8.15. The van der Waals surface area contributed by atoms with Gasteiger partial charge in [0, 0.05) is 30.3 Å². The standard InChI is InChI=1S/C21H20F5N5O3S/c1-19(14-5-20(14,8-33-2)35-18(27)31-19)11-3-10(4-12(22)16(11)23)30-17(32)13-6-29-15(7-28-13)34-9-21(24,25)26/h3-4,6-7,14H,5,8-9H2,1-2H3,(H2,27,31)(H,30,32)/t14?,19-,20-/m1/s1. The van der Waals surface area contributed by atoms with Crippen molar-refractivity contribution in [2.75, 3.05) is 25.6 Å². The number of nitrogens with zero attached hydrogens (tertiary/aromatic N) is 3. The summed E-state index contributed by atoms with van der Waals surface area (Å²) in [6, 6.07) is 2.07. The molecule has 2 aromatic rings. The molecular weight excluding hydrogens is 497 g/mol. The third kappa shape index (κ3) is 5.03. The summed E-state index contributed by atoms with van der Waals surface area (Å²) in [5, 5.41) is 2.61. The molecule has 1 aromatic carbocycles. The molecule has 4 rings (SSSR count). The first-order valence-electron chi connectivity index (χ1n) is 10.2. The molecule has 1 aliphatic carbocycles. The van der Waals surface area contributed by atoms with E-state index in [0.29, 0.717) is 13.0 Å². The van der Waals surface area contributed by atoms with Crippen LogP contribution in [0.1, 0.15) is 29.4 Å². The largest absolute Gasteiger partial charge is 0.467 e. The van der Waals surface area contributed by atoms with Gasteiger partial charge in [-0.25, -0.2) is 18.7 Å². The van der Waals surface area contributed by atoms with Gasteiger partial charge in [0.25, 0.3) is 5.91 Å². The fraction of sp³-hybridized carbons (Fsp3) is 0.429. The summed E-state index contributed by atoms with van der Waals surface area (Å²) in [5.74, 6) is -3.77. The maximum atomic E-state index is 15.0. The number of aliphatic imine (C=N–C) groups is 1. The summed E-state index contributed by atoms with van der Waals surface area (Å²) in [6.07, 6.45) is -2.19. The number of amides is 1. The van der Waals surface area contributed by atoms with Crippen molar-refractivity contribution in [1.82, 2.24) is 9.97 Å². The Hall–Kier alpha value is -3.00. The molecule has 0 spiro atoms. The fourth-order valence-electron chi connectivity index (χ4n) is 4.22. The number of rotatable bonds is 7. The molecular formula is C21H20F5N5O3S. The van der Waals surface area contributed by atoms with Gasteiger partial charge in [-0.05, 0) is 19.4 Å². The van der Waals surface area contributed by atoms with E-state index in [1.165, 1.54) is 24.9 Å². The number of ether oxygens (including phenoxy) is 2. The lowest BCUT2D eigenvalue weighted by atomic mass is 9.85. The van der Waals surface area contributed by atoms with Gasteiger partial charge in [0.1, 0.15) is 5.69 Å². The molecule has 1 aromatic heterocycles. The molecule has 2 aliphatic rings. The summed E-state index contributed by atoms with van der Waals surface area (Å²) in [7, 11) is 1.54. The van der Waals surface area contributed by atoms with Crippen molar-refractivity contribution < 1.29 is 36.2 Å². The number of aromatic nitrogens is 2. The molecule has 14 heteroatoms. The molecule has 1 unspecified atom stereocenters. The van der Waals surface area contributed by atoms with E-state index in [0.717, 1.165) is 18.5 Å². The van der Waals surface area contributed by atoms with Gasteiger partial charge in [0.05, 0.1) is 29.3 Å². The molecule has 0 bridgehead atoms. The van der Waals surface area contributed by atoms with Crippen molar-refractivity contribution in [3.8, 4) is 5.88 Å². The van der Waals surface area contributed by atoms with Crippen molar-refractivity contribution in [2.45, 2.75) is 29.8 Å². The molecule has 1 fully saturated rings. The lowest BCUT2D eigenvalue weighted by Gasteiger charge is -2.34. The Bertz CT molecular complexity index is 1180. The fourth-order valence-corrected chi connectivity index (χ4v) is 5.67. The molecule has 0 radical (unpaired) electrons. The maximum absolute atomic E-state index is 15.0. The van der Waals surface area contributed by atoms with Crippen molar-refractivity contribution in [1.29, 1.82) is 0 Å². The zero-order valence-corrected chi connectivity index (χ0v) is 19.3. The molecule has 1 aliphatic heterocycles. The average Bonchev–Trinajstić information content (AvgIpc) is 3.49. The Kier molecular flexibility index (Phi) is 6.38. The first kappa shape index (κ1) is 25.1. The first-order valence-corrected chi connectivity index (χ1v) is 11.0. The number of amidine groups is 1. The SMILES string of the molecule is COC[C@]12CC1[C@@](C)(c1cc(NC(=O)c3cnc(OCC(F)(F)F)cn3)cc(F)c1F)N=C(N)S2. The van der Waals surface area contributed by atoms with Gasteiger partial charge in [-0.3, -0.25) is 9.79 Å². The van der Waals surface area contributed by atoms with Gasteiger partial charge in [0.2, 0.25) is 5.88 Å². The highest BCUT2D eigenvalue weighted by atomic mass is 32.2. The number of carbonyl (C=O) groups excluding carboxylic acids is 1. The number of fused-ring (bicyclic) bond motifs is 1. The Balaban J connectivity index is 1.56.